The monoisotopic (exact) mass is 264 g/mol. The number of benzene rings is 1. The molecule has 1 aromatic carbocycles. The largest absolute Gasteiger partial charge is 0.378 e. The summed E-state index contributed by atoms with van der Waals surface area (Å²) in [6, 6.07) is 5.08. The van der Waals surface area contributed by atoms with Crippen molar-refractivity contribution < 1.29 is 4.92 Å². The van der Waals surface area contributed by atoms with E-state index in [4.69, 9.17) is 17.3 Å². The third-order valence-electron chi connectivity index (χ3n) is 2.48. The first-order chi connectivity index (χ1) is 8.50. The number of hydrogen-bond donors (Lipinski definition) is 1. The normalized spacial score (nSPS) is 10.3. The second kappa shape index (κ2) is 4.58. The van der Waals surface area contributed by atoms with Crippen LogP contribution < -0.4 is 5.73 Å². The maximum atomic E-state index is 11.0. The van der Waals surface area contributed by atoms with E-state index in [0.29, 0.717) is 10.6 Å². The van der Waals surface area contributed by atoms with Crippen molar-refractivity contribution in [2.75, 3.05) is 5.73 Å². The number of aryl methyl sites for hydroxylation is 1. The van der Waals surface area contributed by atoms with Crippen LogP contribution in [0.1, 0.15) is 5.56 Å². The maximum Gasteiger partial charge on any atom is 0.337 e. The average molecular weight is 265 g/mol. The van der Waals surface area contributed by atoms with E-state index < -0.39 is 4.92 Å². The first-order valence-electron chi connectivity index (χ1n) is 5.02. The van der Waals surface area contributed by atoms with Gasteiger partial charge in [-0.2, -0.15) is 0 Å². The number of nitrogen functional groups attached to an aromatic ring is 1. The second-order valence-corrected chi connectivity index (χ2v) is 4.08. The summed E-state index contributed by atoms with van der Waals surface area (Å²) in [6.07, 6.45) is 1.19. The van der Waals surface area contributed by atoms with Crippen LogP contribution in [0.2, 0.25) is 5.02 Å². The average Bonchev–Trinajstić information content (AvgIpc) is 2.32. The lowest BCUT2D eigenvalue weighted by Crippen LogP contribution is -2.02. The van der Waals surface area contributed by atoms with Gasteiger partial charge < -0.3 is 5.73 Å². The minimum absolute atomic E-state index is 0.161. The Bertz CT molecular complexity index is 630. The Balaban J connectivity index is 2.67. The molecule has 0 bridgehead atoms. The van der Waals surface area contributed by atoms with Crippen molar-refractivity contribution in [1.29, 1.82) is 0 Å². The van der Waals surface area contributed by atoms with Gasteiger partial charge in [-0.1, -0.05) is 23.7 Å². The zero-order valence-corrected chi connectivity index (χ0v) is 10.2. The summed E-state index contributed by atoms with van der Waals surface area (Å²) in [5.41, 5.74) is 6.77. The highest BCUT2D eigenvalue weighted by Crippen LogP contribution is 2.32. The van der Waals surface area contributed by atoms with Gasteiger partial charge in [0.05, 0.1) is 4.92 Å². The Morgan fingerprint density at radius 3 is 2.72 bits per heavy atom. The van der Waals surface area contributed by atoms with E-state index >= 15 is 0 Å². The third kappa shape index (κ3) is 2.10. The lowest BCUT2D eigenvalue weighted by Gasteiger charge is -2.05. The van der Waals surface area contributed by atoms with Crippen molar-refractivity contribution in [2.45, 2.75) is 6.92 Å². The van der Waals surface area contributed by atoms with Gasteiger partial charge in [0, 0.05) is 10.6 Å². The van der Waals surface area contributed by atoms with Crippen molar-refractivity contribution in [2.24, 2.45) is 0 Å². The molecule has 0 saturated carbocycles. The summed E-state index contributed by atoms with van der Waals surface area (Å²) in [5.74, 6) is -0.165. The van der Waals surface area contributed by atoms with Crippen LogP contribution in [0.4, 0.5) is 11.5 Å². The number of nitrogens with zero attached hydrogens (tertiary/aromatic N) is 3. The molecule has 1 aromatic heterocycles. The molecule has 0 unspecified atom stereocenters. The van der Waals surface area contributed by atoms with Gasteiger partial charge in [-0.25, -0.2) is 9.97 Å². The Kier molecular flexibility index (Phi) is 3.12. The molecule has 0 aliphatic carbocycles. The molecule has 2 N–H and O–H groups in total. The molecule has 2 rings (SSSR count). The highest BCUT2D eigenvalue weighted by atomic mass is 35.5. The molecule has 2 aromatic rings. The smallest absolute Gasteiger partial charge is 0.337 e. The number of halogens is 1. The Labute approximate surface area is 108 Å². The molecule has 0 spiro atoms. The fourth-order valence-electron chi connectivity index (χ4n) is 1.52. The minimum Gasteiger partial charge on any atom is -0.378 e. The van der Waals surface area contributed by atoms with Gasteiger partial charge in [0.15, 0.2) is 5.69 Å². The van der Waals surface area contributed by atoms with Gasteiger partial charge in [0.25, 0.3) is 0 Å². The first-order valence-corrected chi connectivity index (χ1v) is 5.40. The van der Waals surface area contributed by atoms with Crippen LogP contribution in [-0.2, 0) is 0 Å². The maximum absolute atomic E-state index is 11.0. The van der Waals surface area contributed by atoms with Crippen LogP contribution in [0.5, 0.6) is 0 Å². The molecule has 6 nitrogen and oxygen atoms in total. The first kappa shape index (κ1) is 12.3. The lowest BCUT2D eigenvalue weighted by molar-refractivity contribution is -0.383. The summed E-state index contributed by atoms with van der Waals surface area (Å²) in [4.78, 5) is 17.9. The molecule has 0 radical (unpaired) electrons. The predicted molar refractivity (Wildman–Crippen MR) is 68.3 cm³/mol. The van der Waals surface area contributed by atoms with E-state index in [0.717, 1.165) is 5.56 Å². The fraction of sp³-hybridized carbons (Fsp3) is 0.0909. The molecule has 1 heterocycles. The SMILES string of the molecule is Cc1ccc(-c2ncnc(N)c2[N+](=O)[O-])cc1Cl. The van der Waals surface area contributed by atoms with E-state index in [-0.39, 0.29) is 17.2 Å². The van der Waals surface area contributed by atoms with Crippen LogP contribution in [0, 0.1) is 17.0 Å². The van der Waals surface area contributed by atoms with Crippen LogP contribution in [0.25, 0.3) is 11.3 Å². The molecular formula is C11H9ClN4O2. The van der Waals surface area contributed by atoms with Crippen molar-refractivity contribution in [3.05, 3.63) is 45.2 Å². The van der Waals surface area contributed by atoms with Crippen molar-refractivity contribution in [3.8, 4) is 11.3 Å². The van der Waals surface area contributed by atoms with Gasteiger partial charge in [0.1, 0.15) is 6.33 Å². The zero-order valence-electron chi connectivity index (χ0n) is 9.42. The lowest BCUT2D eigenvalue weighted by atomic mass is 10.1. The highest BCUT2D eigenvalue weighted by molar-refractivity contribution is 6.31. The number of nitrogens with two attached hydrogens (primary N) is 1. The van der Waals surface area contributed by atoms with Crippen molar-refractivity contribution in [1.82, 2.24) is 9.97 Å². The molecular weight excluding hydrogens is 256 g/mol. The van der Waals surface area contributed by atoms with Crippen LogP contribution in [0.15, 0.2) is 24.5 Å². The molecule has 0 amide bonds. The highest BCUT2D eigenvalue weighted by Gasteiger charge is 2.22. The molecule has 18 heavy (non-hydrogen) atoms. The number of anilines is 1. The van der Waals surface area contributed by atoms with Gasteiger partial charge >= 0.3 is 5.69 Å². The molecule has 7 heteroatoms. The summed E-state index contributed by atoms with van der Waals surface area (Å²) in [6.45, 7) is 1.84. The van der Waals surface area contributed by atoms with E-state index in [2.05, 4.69) is 9.97 Å². The predicted octanol–water partition coefficient (Wildman–Crippen LogP) is 2.60. The van der Waals surface area contributed by atoms with Gasteiger partial charge in [-0.05, 0) is 18.6 Å². The quantitative estimate of drug-likeness (QED) is 0.664. The number of aromatic nitrogens is 2. The molecule has 0 aliphatic heterocycles. The second-order valence-electron chi connectivity index (χ2n) is 3.68. The van der Waals surface area contributed by atoms with E-state index in [1.165, 1.54) is 6.33 Å². The van der Waals surface area contributed by atoms with Crippen LogP contribution >= 0.6 is 11.6 Å². The fourth-order valence-corrected chi connectivity index (χ4v) is 1.70. The number of nitro groups is 1. The number of hydrogen-bond acceptors (Lipinski definition) is 5. The molecule has 0 atom stereocenters. The molecule has 0 saturated heterocycles. The van der Waals surface area contributed by atoms with E-state index in [1.54, 1.807) is 18.2 Å². The summed E-state index contributed by atoms with van der Waals surface area (Å²) < 4.78 is 0. The Hall–Kier alpha value is -2.21. The Morgan fingerprint density at radius 2 is 2.11 bits per heavy atom. The van der Waals surface area contributed by atoms with Crippen LogP contribution in [0.3, 0.4) is 0 Å². The molecule has 0 aliphatic rings. The van der Waals surface area contributed by atoms with E-state index in [9.17, 15) is 10.1 Å². The van der Waals surface area contributed by atoms with Crippen molar-refractivity contribution >= 4 is 23.1 Å². The molecule has 0 fully saturated rings. The Morgan fingerprint density at radius 1 is 1.39 bits per heavy atom. The van der Waals surface area contributed by atoms with Gasteiger partial charge in [-0.15, -0.1) is 0 Å². The standard InChI is InChI=1S/C11H9ClN4O2/c1-6-2-3-7(4-8(6)12)9-10(16(17)18)11(13)15-5-14-9/h2-5H,1H3,(H2,13,14,15). The van der Waals surface area contributed by atoms with Crippen molar-refractivity contribution in [3.63, 3.8) is 0 Å². The van der Waals surface area contributed by atoms with Crippen LogP contribution in [-0.4, -0.2) is 14.9 Å². The zero-order chi connectivity index (χ0) is 13.3. The topological polar surface area (TPSA) is 94.9 Å². The summed E-state index contributed by atoms with van der Waals surface area (Å²) >= 11 is 5.99. The molecule has 92 valence electrons. The van der Waals surface area contributed by atoms with Gasteiger partial charge in [0.2, 0.25) is 5.82 Å². The van der Waals surface area contributed by atoms with E-state index in [1.807, 2.05) is 6.92 Å². The summed E-state index contributed by atoms with van der Waals surface area (Å²) in [7, 11) is 0. The minimum atomic E-state index is -0.599. The number of rotatable bonds is 2. The van der Waals surface area contributed by atoms with Gasteiger partial charge in [-0.3, -0.25) is 10.1 Å². The third-order valence-corrected chi connectivity index (χ3v) is 2.89. The summed E-state index contributed by atoms with van der Waals surface area (Å²) in [5, 5.41) is 11.5.